The number of aryl methyl sites for hydroxylation is 2. The van der Waals surface area contributed by atoms with Gasteiger partial charge in [0.2, 0.25) is 0 Å². The molecular formula is C22H27N3O7. The van der Waals surface area contributed by atoms with Crippen molar-refractivity contribution in [2.24, 2.45) is 0 Å². The molecule has 0 saturated heterocycles. The number of esters is 1. The Morgan fingerprint density at radius 1 is 1.16 bits per heavy atom. The molecule has 3 rings (SSSR count). The third kappa shape index (κ3) is 5.99. The van der Waals surface area contributed by atoms with Gasteiger partial charge in [0, 0.05) is 6.04 Å². The number of imide groups is 1. The average Bonchev–Trinajstić information content (AvgIpc) is 3.39. The minimum Gasteiger partial charge on any atom is -0.493 e. The number of hydrogen-bond donors (Lipinski definition) is 2. The largest absolute Gasteiger partial charge is 0.493 e. The van der Waals surface area contributed by atoms with Gasteiger partial charge in [0.15, 0.2) is 18.1 Å². The molecule has 1 heterocycles. The summed E-state index contributed by atoms with van der Waals surface area (Å²) < 4.78 is 21.2. The van der Waals surface area contributed by atoms with Crippen LogP contribution < -0.4 is 20.1 Å². The van der Waals surface area contributed by atoms with Crippen molar-refractivity contribution in [1.29, 1.82) is 0 Å². The van der Waals surface area contributed by atoms with E-state index in [-0.39, 0.29) is 18.2 Å². The van der Waals surface area contributed by atoms with E-state index in [1.54, 1.807) is 13.0 Å². The molecule has 0 spiro atoms. The topological polar surface area (TPSA) is 129 Å². The smallest absolute Gasteiger partial charge is 0.338 e. The molecule has 1 fully saturated rings. The standard InChI is InChI=1S/C22H27N3O7/c1-13-17(14(2)32-25-13)11-30-18-9-8-15(10-19(18)29-3)21(27)31-12-20(26)24-22(28)23-16-6-4-5-7-16/h8-10,16H,4-7,11-12H2,1-3H3,(H2,23,24,26,28). The van der Waals surface area contributed by atoms with Gasteiger partial charge in [-0.2, -0.15) is 0 Å². The summed E-state index contributed by atoms with van der Waals surface area (Å²) >= 11 is 0. The van der Waals surface area contributed by atoms with Gasteiger partial charge < -0.3 is 24.1 Å². The molecule has 3 amide bonds. The Labute approximate surface area is 185 Å². The number of aromatic nitrogens is 1. The summed E-state index contributed by atoms with van der Waals surface area (Å²) in [6.07, 6.45) is 3.92. The number of benzene rings is 1. The van der Waals surface area contributed by atoms with E-state index in [9.17, 15) is 14.4 Å². The first-order chi connectivity index (χ1) is 15.4. The van der Waals surface area contributed by atoms with E-state index in [1.165, 1.54) is 19.2 Å². The van der Waals surface area contributed by atoms with Gasteiger partial charge in [-0.15, -0.1) is 0 Å². The molecule has 0 aliphatic heterocycles. The van der Waals surface area contributed by atoms with Gasteiger partial charge in [-0.05, 0) is 44.9 Å². The van der Waals surface area contributed by atoms with Gasteiger partial charge in [0.1, 0.15) is 12.4 Å². The van der Waals surface area contributed by atoms with E-state index in [4.69, 9.17) is 18.7 Å². The SMILES string of the molecule is COc1cc(C(=O)OCC(=O)NC(=O)NC2CCCC2)ccc1OCc1c(C)noc1C. The second-order valence-electron chi connectivity index (χ2n) is 7.54. The van der Waals surface area contributed by atoms with Gasteiger partial charge in [0.05, 0.1) is 23.9 Å². The van der Waals surface area contributed by atoms with Crippen LogP contribution in [0.5, 0.6) is 11.5 Å². The molecule has 0 atom stereocenters. The summed E-state index contributed by atoms with van der Waals surface area (Å²) in [6.45, 7) is 3.26. The van der Waals surface area contributed by atoms with Crippen molar-refractivity contribution in [3.8, 4) is 11.5 Å². The van der Waals surface area contributed by atoms with E-state index >= 15 is 0 Å². The van der Waals surface area contributed by atoms with Crippen LogP contribution in [0.1, 0.15) is 53.1 Å². The fraction of sp³-hybridized carbons (Fsp3) is 0.455. The van der Waals surface area contributed by atoms with E-state index in [0.717, 1.165) is 36.9 Å². The van der Waals surface area contributed by atoms with E-state index in [2.05, 4.69) is 15.8 Å². The monoisotopic (exact) mass is 445 g/mol. The van der Waals surface area contributed by atoms with Crippen molar-refractivity contribution in [2.45, 2.75) is 52.2 Å². The van der Waals surface area contributed by atoms with Crippen molar-refractivity contribution in [3.63, 3.8) is 0 Å². The van der Waals surface area contributed by atoms with Crippen LogP contribution in [0.3, 0.4) is 0 Å². The molecule has 2 N–H and O–H groups in total. The lowest BCUT2D eigenvalue weighted by atomic mass is 10.2. The van der Waals surface area contributed by atoms with Crippen molar-refractivity contribution < 1.29 is 33.1 Å². The second-order valence-corrected chi connectivity index (χ2v) is 7.54. The summed E-state index contributed by atoms with van der Waals surface area (Å²) in [4.78, 5) is 36.0. The normalized spacial score (nSPS) is 13.5. The zero-order valence-electron chi connectivity index (χ0n) is 18.4. The molecular weight excluding hydrogens is 418 g/mol. The lowest BCUT2D eigenvalue weighted by molar-refractivity contribution is -0.123. The number of nitrogens with one attached hydrogen (secondary N) is 2. The van der Waals surface area contributed by atoms with Crippen molar-refractivity contribution >= 4 is 17.9 Å². The van der Waals surface area contributed by atoms with Gasteiger partial charge in [-0.1, -0.05) is 18.0 Å². The lowest BCUT2D eigenvalue weighted by Crippen LogP contribution is -2.44. The Bertz CT molecular complexity index is 960. The number of carbonyl (C=O) groups is 3. The van der Waals surface area contributed by atoms with Crippen LogP contribution in [0.25, 0.3) is 0 Å². The number of carbonyl (C=O) groups excluding carboxylic acids is 3. The predicted octanol–water partition coefficient (Wildman–Crippen LogP) is 2.80. The highest BCUT2D eigenvalue weighted by Gasteiger charge is 2.19. The predicted molar refractivity (Wildman–Crippen MR) is 113 cm³/mol. The summed E-state index contributed by atoms with van der Waals surface area (Å²) in [6, 6.07) is 4.02. The molecule has 1 aromatic carbocycles. The molecule has 1 aliphatic carbocycles. The van der Waals surface area contributed by atoms with Crippen molar-refractivity contribution in [2.75, 3.05) is 13.7 Å². The van der Waals surface area contributed by atoms with E-state index < -0.39 is 24.5 Å². The van der Waals surface area contributed by atoms with Crippen LogP contribution in [0.4, 0.5) is 4.79 Å². The Kier molecular flexibility index (Phi) is 7.69. The highest BCUT2D eigenvalue weighted by molar-refractivity contribution is 5.97. The maximum atomic E-state index is 12.3. The summed E-state index contributed by atoms with van der Waals surface area (Å²) in [5.41, 5.74) is 1.74. The van der Waals surface area contributed by atoms with Crippen LogP contribution >= 0.6 is 0 Å². The zero-order chi connectivity index (χ0) is 23.1. The highest BCUT2D eigenvalue weighted by atomic mass is 16.5. The fourth-order valence-corrected chi connectivity index (χ4v) is 3.44. The number of ether oxygens (including phenoxy) is 3. The third-order valence-electron chi connectivity index (χ3n) is 5.23. The molecule has 0 unspecified atom stereocenters. The molecule has 10 nitrogen and oxygen atoms in total. The summed E-state index contributed by atoms with van der Waals surface area (Å²) in [5, 5.41) is 8.77. The first-order valence-electron chi connectivity index (χ1n) is 10.4. The van der Waals surface area contributed by atoms with Crippen LogP contribution in [0.2, 0.25) is 0 Å². The van der Waals surface area contributed by atoms with Gasteiger partial charge >= 0.3 is 12.0 Å². The van der Waals surface area contributed by atoms with Crippen LogP contribution in [0.15, 0.2) is 22.7 Å². The maximum Gasteiger partial charge on any atom is 0.338 e. The minimum absolute atomic E-state index is 0.0798. The van der Waals surface area contributed by atoms with Crippen LogP contribution in [-0.2, 0) is 16.1 Å². The second kappa shape index (κ2) is 10.7. The minimum atomic E-state index is -0.730. The molecule has 2 aromatic rings. The van der Waals surface area contributed by atoms with E-state index in [0.29, 0.717) is 17.3 Å². The molecule has 10 heteroatoms. The molecule has 32 heavy (non-hydrogen) atoms. The number of amides is 3. The van der Waals surface area contributed by atoms with Crippen LogP contribution in [0, 0.1) is 13.8 Å². The number of hydrogen-bond acceptors (Lipinski definition) is 8. The lowest BCUT2D eigenvalue weighted by Gasteiger charge is -2.13. The maximum absolute atomic E-state index is 12.3. The van der Waals surface area contributed by atoms with Crippen molar-refractivity contribution in [1.82, 2.24) is 15.8 Å². The van der Waals surface area contributed by atoms with Gasteiger partial charge in [0.25, 0.3) is 5.91 Å². The Balaban J connectivity index is 1.51. The third-order valence-corrected chi connectivity index (χ3v) is 5.23. The number of methoxy groups -OCH3 is 1. The first kappa shape index (κ1) is 23.1. The summed E-state index contributed by atoms with van der Waals surface area (Å²) in [5.74, 6) is -0.0269. The first-order valence-corrected chi connectivity index (χ1v) is 10.4. The van der Waals surface area contributed by atoms with Gasteiger partial charge in [-0.25, -0.2) is 9.59 Å². The summed E-state index contributed by atoms with van der Waals surface area (Å²) in [7, 11) is 1.45. The quantitative estimate of drug-likeness (QED) is 0.594. The number of rotatable bonds is 8. The molecule has 1 aromatic heterocycles. The average molecular weight is 445 g/mol. The van der Waals surface area contributed by atoms with Crippen molar-refractivity contribution in [3.05, 3.63) is 40.8 Å². The Morgan fingerprint density at radius 2 is 1.91 bits per heavy atom. The van der Waals surface area contributed by atoms with E-state index in [1.807, 2.05) is 6.92 Å². The highest BCUT2D eigenvalue weighted by Crippen LogP contribution is 2.29. The zero-order valence-corrected chi connectivity index (χ0v) is 18.4. The molecule has 0 bridgehead atoms. The van der Waals surface area contributed by atoms with Crippen LogP contribution in [-0.4, -0.2) is 42.8 Å². The number of nitrogens with zero attached hydrogens (tertiary/aromatic N) is 1. The molecule has 0 radical (unpaired) electrons. The fourth-order valence-electron chi connectivity index (χ4n) is 3.44. The number of urea groups is 1. The Morgan fingerprint density at radius 3 is 2.56 bits per heavy atom. The Hall–Kier alpha value is -3.56. The molecule has 1 saturated carbocycles. The van der Waals surface area contributed by atoms with Gasteiger partial charge in [-0.3, -0.25) is 10.1 Å². The molecule has 1 aliphatic rings. The molecule has 172 valence electrons.